The van der Waals surface area contributed by atoms with Crippen molar-refractivity contribution in [2.75, 3.05) is 4.90 Å². The predicted octanol–water partition coefficient (Wildman–Crippen LogP) is 3.48. The molecule has 5 atom stereocenters. The van der Waals surface area contributed by atoms with E-state index in [1.807, 2.05) is 18.2 Å². The van der Waals surface area contributed by atoms with Crippen molar-refractivity contribution in [3.63, 3.8) is 0 Å². The minimum Gasteiger partial charge on any atom is -0.311 e. The van der Waals surface area contributed by atoms with E-state index >= 15 is 0 Å². The number of hydrogen-bond donors (Lipinski definition) is 0. The first-order valence-corrected chi connectivity index (χ1v) is 14.8. The van der Waals surface area contributed by atoms with Gasteiger partial charge in [-0.3, -0.25) is 0 Å². The Hall–Kier alpha value is -3.00. The molecule has 3 aliphatic carbocycles. The average molecular weight is 519 g/mol. The third-order valence-corrected chi connectivity index (χ3v) is 10.4. The van der Waals surface area contributed by atoms with Gasteiger partial charge in [0.05, 0.1) is 5.69 Å². The van der Waals surface area contributed by atoms with Crippen LogP contribution in [0, 0.1) is 23.7 Å². The number of hydrogen-bond acceptors (Lipinski definition) is 1. The van der Waals surface area contributed by atoms with E-state index in [1.54, 1.807) is 0 Å². The summed E-state index contributed by atoms with van der Waals surface area (Å²) in [5.41, 5.74) is 9.23. The van der Waals surface area contributed by atoms with E-state index < -0.39 is 0 Å². The molecule has 41 heavy (non-hydrogen) atoms. The Bertz CT molecular complexity index is 1630. The molecule has 0 aliphatic heterocycles. The Kier molecular flexibility index (Phi) is 6.42. The fraction of sp³-hybridized carbons (Fsp3) is 0.314. The average Bonchev–Trinajstić information content (AvgIpc) is 3.28. The lowest BCUT2D eigenvalue weighted by Gasteiger charge is -2.54. The highest BCUT2D eigenvalue weighted by molar-refractivity contribution is 6.69. The van der Waals surface area contributed by atoms with Crippen molar-refractivity contribution in [2.45, 2.75) is 44.9 Å². The van der Waals surface area contributed by atoms with Gasteiger partial charge >= 0.3 is 0 Å². The maximum atomic E-state index is 6.73. The lowest BCUT2D eigenvalue weighted by Crippen LogP contribution is -2.56. The Labute approximate surface area is 251 Å². The van der Waals surface area contributed by atoms with Crippen LogP contribution < -0.4 is 32.2 Å². The molecule has 6 heteroatoms. The molecule has 5 unspecified atom stereocenters. The van der Waals surface area contributed by atoms with Gasteiger partial charge in [-0.25, -0.2) is 0 Å². The summed E-state index contributed by atoms with van der Waals surface area (Å²) < 4.78 is 0. The third kappa shape index (κ3) is 3.75. The van der Waals surface area contributed by atoms with Crippen LogP contribution in [0.1, 0.15) is 50.7 Å². The van der Waals surface area contributed by atoms with E-state index in [1.165, 1.54) is 47.9 Å². The predicted molar refractivity (Wildman–Crippen MR) is 178 cm³/mol. The summed E-state index contributed by atoms with van der Waals surface area (Å²) in [6.45, 7) is 4.93. The topological polar surface area (TPSA) is 3.24 Å². The summed E-state index contributed by atoms with van der Waals surface area (Å²) in [4.78, 5) is 2.13. The SMILES string of the molecule is [B]c1c([B])c([B])c(N(c2ccccc2)c2cccc3c2-c2ccccc2C32C(C)CC3CC(C)CC2C3)c([B])c1[B]. The highest BCUT2D eigenvalue weighted by Crippen LogP contribution is 2.66. The molecule has 190 valence electrons. The molecule has 2 saturated carbocycles. The van der Waals surface area contributed by atoms with Gasteiger partial charge in [0, 0.05) is 22.4 Å². The van der Waals surface area contributed by atoms with E-state index in [0.29, 0.717) is 28.4 Å². The van der Waals surface area contributed by atoms with Crippen molar-refractivity contribution in [1.82, 2.24) is 0 Å². The van der Waals surface area contributed by atoms with Crippen LogP contribution >= 0.6 is 0 Å². The molecule has 1 spiro atoms. The lowest BCUT2D eigenvalue weighted by molar-refractivity contribution is 0.0426. The van der Waals surface area contributed by atoms with Crippen LogP contribution in [0.2, 0.25) is 0 Å². The lowest BCUT2D eigenvalue weighted by atomic mass is 9.49. The zero-order valence-electron chi connectivity index (χ0n) is 23.9. The van der Waals surface area contributed by atoms with Gasteiger partial charge in [-0.15, -0.1) is 16.4 Å². The second-order valence-electron chi connectivity index (χ2n) is 12.7. The summed E-state index contributed by atoms with van der Waals surface area (Å²) in [5.74, 6) is 2.67. The largest absolute Gasteiger partial charge is 0.311 e. The van der Waals surface area contributed by atoms with Gasteiger partial charge < -0.3 is 4.90 Å². The molecule has 4 aromatic carbocycles. The summed E-state index contributed by atoms with van der Waals surface area (Å²) in [6.07, 6.45) is 5.16. The first-order chi connectivity index (χ1) is 19.7. The second-order valence-corrected chi connectivity index (χ2v) is 12.7. The van der Waals surface area contributed by atoms with Crippen LogP contribution in [0.15, 0.2) is 72.8 Å². The first kappa shape index (κ1) is 26.9. The Balaban J connectivity index is 1.55. The van der Waals surface area contributed by atoms with Crippen molar-refractivity contribution in [3.05, 3.63) is 83.9 Å². The van der Waals surface area contributed by atoms with Crippen LogP contribution in [0.4, 0.5) is 17.1 Å². The number of fused-ring (bicyclic) bond motifs is 8. The van der Waals surface area contributed by atoms with Gasteiger partial charge in [-0.05, 0) is 84.2 Å². The van der Waals surface area contributed by atoms with Gasteiger partial charge in [0.15, 0.2) is 0 Å². The van der Waals surface area contributed by atoms with Crippen molar-refractivity contribution >= 4 is 83.6 Å². The van der Waals surface area contributed by atoms with E-state index in [9.17, 15) is 0 Å². The van der Waals surface area contributed by atoms with Crippen LogP contribution in [0.5, 0.6) is 0 Å². The zero-order chi connectivity index (χ0) is 28.6. The minimum absolute atomic E-state index is 0.0360. The second kappa shape index (κ2) is 9.79. The first-order valence-electron chi connectivity index (χ1n) is 14.8. The van der Waals surface area contributed by atoms with Gasteiger partial charge in [-0.1, -0.05) is 79.4 Å². The molecule has 3 aliphatic rings. The smallest absolute Gasteiger partial charge is 0.115 e. The number of nitrogens with zero attached hydrogens (tertiary/aromatic N) is 1. The maximum absolute atomic E-state index is 6.73. The summed E-state index contributed by atoms with van der Waals surface area (Å²) in [6, 6.07) is 25.9. The quantitative estimate of drug-likeness (QED) is 0.376. The fourth-order valence-electron chi connectivity index (χ4n) is 8.97. The Morgan fingerprint density at radius 1 is 0.634 bits per heavy atom. The van der Waals surface area contributed by atoms with E-state index in [2.05, 4.69) is 73.3 Å². The molecule has 0 N–H and O–H groups in total. The van der Waals surface area contributed by atoms with Crippen molar-refractivity contribution < 1.29 is 0 Å². The molecule has 0 saturated heterocycles. The molecule has 2 fully saturated rings. The molecule has 1 nitrogen and oxygen atoms in total. The van der Waals surface area contributed by atoms with Gasteiger partial charge in [0.1, 0.15) is 39.2 Å². The highest BCUT2D eigenvalue weighted by Gasteiger charge is 2.57. The maximum Gasteiger partial charge on any atom is 0.115 e. The van der Waals surface area contributed by atoms with Gasteiger partial charge in [0.2, 0.25) is 0 Å². The molecule has 10 radical (unpaired) electrons. The van der Waals surface area contributed by atoms with Crippen LogP contribution in [-0.4, -0.2) is 39.2 Å². The van der Waals surface area contributed by atoms with Crippen LogP contribution in [0.3, 0.4) is 0 Å². The van der Waals surface area contributed by atoms with Crippen LogP contribution in [-0.2, 0) is 5.41 Å². The molecule has 0 amide bonds. The van der Waals surface area contributed by atoms with Crippen molar-refractivity contribution in [1.29, 1.82) is 0 Å². The van der Waals surface area contributed by atoms with Gasteiger partial charge in [-0.2, -0.15) is 0 Å². The Morgan fingerprint density at radius 2 is 1.27 bits per heavy atom. The summed E-state index contributed by atoms with van der Waals surface area (Å²) in [5, 5.41) is 0. The molecule has 0 heterocycles. The zero-order valence-corrected chi connectivity index (χ0v) is 23.9. The molecule has 7 rings (SSSR count). The molecule has 2 bridgehead atoms. The molecular formula is C35H30B5N. The van der Waals surface area contributed by atoms with Crippen molar-refractivity contribution in [2.24, 2.45) is 23.7 Å². The molecular weight excluding hydrogens is 488 g/mol. The Morgan fingerprint density at radius 3 is 2.00 bits per heavy atom. The molecule has 4 aromatic rings. The summed E-state index contributed by atoms with van der Waals surface area (Å²) >= 11 is 0. The monoisotopic (exact) mass is 519 g/mol. The molecule has 0 aromatic heterocycles. The fourth-order valence-corrected chi connectivity index (χ4v) is 8.97. The van der Waals surface area contributed by atoms with Crippen LogP contribution in [0.25, 0.3) is 11.1 Å². The highest BCUT2D eigenvalue weighted by atomic mass is 15.1. The van der Waals surface area contributed by atoms with E-state index in [4.69, 9.17) is 39.2 Å². The van der Waals surface area contributed by atoms with Crippen molar-refractivity contribution in [3.8, 4) is 11.1 Å². The van der Waals surface area contributed by atoms with E-state index in [-0.39, 0.29) is 21.8 Å². The minimum atomic E-state index is -0.0360. The number of rotatable bonds is 3. The summed E-state index contributed by atoms with van der Waals surface area (Å²) in [7, 11) is 32.5. The number of para-hydroxylation sites is 1. The number of anilines is 3. The van der Waals surface area contributed by atoms with E-state index in [0.717, 1.165) is 23.2 Å². The number of benzene rings is 4. The third-order valence-electron chi connectivity index (χ3n) is 10.4. The standard InChI is InChI=1S/C35H30B5N/c1-19-15-21-17-20(2)35(22(16-19)18-21)25-12-7-6-11-24(25)28-26(35)13-8-14-27(28)41(23-9-4-3-5-10-23)34-32(39)30(37)29(36)31(38)33(34)40/h3-14,19-22H,15-18H2,1-2H3. The normalized spacial score (nSPS) is 26.0. The van der Waals surface area contributed by atoms with Gasteiger partial charge in [0.25, 0.3) is 0 Å².